The van der Waals surface area contributed by atoms with Gasteiger partial charge < -0.3 is 4.74 Å². The Bertz CT molecular complexity index is 795. The first-order valence-electron chi connectivity index (χ1n) is 6.94. The Labute approximate surface area is 120 Å². The summed E-state index contributed by atoms with van der Waals surface area (Å²) < 4.78 is 9.57. The van der Waals surface area contributed by atoms with Crippen molar-refractivity contribution in [3.63, 3.8) is 0 Å². The van der Waals surface area contributed by atoms with Crippen LogP contribution in [0.25, 0.3) is 0 Å². The summed E-state index contributed by atoms with van der Waals surface area (Å²) in [5.41, 5.74) is 0.445. The number of aromatic nitrogens is 3. The molecule has 2 aliphatic rings. The van der Waals surface area contributed by atoms with E-state index >= 15 is 0 Å². The molecule has 21 heavy (non-hydrogen) atoms. The summed E-state index contributed by atoms with van der Waals surface area (Å²) in [6, 6.07) is 7.45. The number of hydrogen-bond donors (Lipinski definition) is 0. The molecule has 0 amide bonds. The van der Waals surface area contributed by atoms with Crippen molar-refractivity contribution in [3.8, 4) is 5.75 Å². The van der Waals surface area contributed by atoms with Crippen LogP contribution in [0.3, 0.4) is 0 Å². The first kappa shape index (κ1) is 12.3. The molecule has 1 aromatic carbocycles. The Hall–Kier alpha value is -2.50. The number of ether oxygens (including phenoxy) is 1. The molecule has 4 rings (SSSR count). The highest BCUT2D eigenvalue weighted by molar-refractivity contribution is 5.27. The lowest BCUT2D eigenvalue weighted by atomic mass is 10.2. The smallest absolute Gasteiger partial charge is 0.348 e. The number of rotatable bonds is 3. The summed E-state index contributed by atoms with van der Waals surface area (Å²) in [4.78, 5) is 24.9. The van der Waals surface area contributed by atoms with E-state index in [-0.39, 0.29) is 30.0 Å². The van der Waals surface area contributed by atoms with Crippen molar-refractivity contribution in [1.29, 1.82) is 0 Å². The van der Waals surface area contributed by atoms with E-state index in [1.54, 1.807) is 16.5 Å². The summed E-state index contributed by atoms with van der Waals surface area (Å²) >= 11 is 0. The molecule has 2 bridgehead atoms. The fourth-order valence-electron chi connectivity index (χ4n) is 3.19. The molecule has 6 heteroatoms. The molecule has 0 saturated carbocycles. The van der Waals surface area contributed by atoms with E-state index in [1.807, 2.05) is 36.4 Å². The predicted molar refractivity (Wildman–Crippen MR) is 76.9 cm³/mol. The average Bonchev–Trinajstić information content (AvgIpc) is 3.18. The van der Waals surface area contributed by atoms with Gasteiger partial charge in [-0.15, -0.1) is 0 Å². The molecule has 0 N–H and O–H groups in total. The number of fused-ring (bicyclic) bond motifs is 5. The summed E-state index contributed by atoms with van der Waals surface area (Å²) in [5, 5.41) is 0. The highest BCUT2D eigenvalue weighted by Gasteiger charge is 2.36. The Kier molecular flexibility index (Phi) is 2.48. The molecular formula is C15H15N3O3. The topological polar surface area (TPSA) is 58.2 Å². The normalized spacial score (nSPS) is 21.8. The van der Waals surface area contributed by atoms with Crippen LogP contribution in [0, 0.1) is 0 Å². The molecule has 1 aliphatic heterocycles. The molecule has 2 heterocycles. The highest BCUT2D eigenvalue weighted by Crippen LogP contribution is 2.35. The van der Waals surface area contributed by atoms with Gasteiger partial charge in [0.15, 0.2) is 0 Å². The molecule has 1 aliphatic carbocycles. The largest absolute Gasteiger partial charge is 0.497 e. The van der Waals surface area contributed by atoms with Gasteiger partial charge in [-0.25, -0.2) is 23.5 Å². The fourth-order valence-corrected chi connectivity index (χ4v) is 3.19. The molecule has 0 spiro atoms. The zero-order valence-electron chi connectivity index (χ0n) is 11.6. The lowest BCUT2D eigenvalue weighted by molar-refractivity contribution is 0.414. The van der Waals surface area contributed by atoms with Crippen LogP contribution in [0.5, 0.6) is 5.75 Å². The Morgan fingerprint density at radius 3 is 2.14 bits per heavy atom. The van der Waals surface area contributed by atoms with Crippen LogP contribution >= 0.6 is 0 Å². The average molecular weight is 285 g/mol. The van der Waals surface area contributed by atoms with Crippen LogP contribution in [0.2, 0.25) is 0 Å². The van der Waals surface area contributed by atoms with Gasteiger partial charge in [-0.1, -0.05) is 24.3 Å². The summed E-state index contributed by atoms with van der Waals surface area (Å²) in [5.74, 6) is 0.754. The van der Waals surface area contributed by atoms with Gasteiger partial charge in [0, 0.05) is 0 Å². The number of allylic oxidation sites excluding steroid dienone is 2. The van der Waals surface area contributed by atoms with Crippen LogP contribution in [-0.2, 0) is 6.54 Å². The first-order valence-corrected chi connectivity index (χ1v) is 6.94. The minimum absolute atomic E-state index is 0.0346. The number of hydrogen-bond acceptors (Lipinski definition) is 3. The molecule has 1 aromatic heterocycles. The molecule has 108 valence electrons. The maximum absolute atomic E-state index is 12.4. The van der Waals surface area contributed by atoms with E-state index in [0.717, 1.165) is 17.7 Å². The molecule has 0 fully saturated rings. The Balaban J connectivity index is 1.74. The third kappa shape index (κ3) is 1.65. The Morgan fingerprint density at radius 2 is 1.62 bits per heavy atom. The van der Waals surface area contributed by atoms with Crippen molar-refractivity contribution >= 4 is 0 Å². The molecular weight excluding hydrogens is 270 g/mol. The SMILES string of the molecule is COc1ccc(Cn2c(=O)n3n(c2=O)[C@H]2C=C[C@@H]3C2)cc1. The summed E-state index contributed by atoms with van der Waals surface area (Å²) in [6.07, 6.45) is 4.83. The fraction of sp³-hybridized carbons (Fsp3) is 0.333. The van der Waals surface area contributed by atoms with Crippen LogP contribution in [0.4, 0.5) is 0 Å². The maximum Gasteiger partial charge on any atom is 0.348 e. The van der Waals surface area contributed by atoms with Crippen molar-refractivity contribution in [1.82, 2.24) is 13.9 Å². The van der Waals surface area contributed by atoms with E-state index in [1.165, 1.54) is 4.57 Å². The van der Waals surface area contributed by atoms with E-state index in [2.05, 4.69) is 0 Å². The minimum Gasteiger partial charge on any atom is -0.497 e. The number of methoxy groups -OCH3 is 1. The van der Waals surface area contributed by atoms with Crippen LogP contribution in [0.15, 0.2) is 46.0 Å². The standard InChI is InChI=1S/C15H15N3O3/c1-21-13-6-2-10(3-7-13)9-16-14(19)17-11-4-5-12(8-11)18(17)15(16)20/h2-7,11-12H,8-9H2,1H3/t11-,12+. The minimum atomic E-state index is -0.229. The summed E-state index contributed by atoms with van der Waals surface area (Å²) in [6.45, 7) is 0.286. The van der Waals surface area contributed by atoms with Crippen molar-refractivity contribution in [2.24, 2.45) is 0 Å². The lowest BCUT2D eigenvalue weighted by Crippen LogP contribution is -2.30. The molecule has 0 saturated heterocycles. The zero-order chi connectivity index (χ0) is 14.6. The van der Waals surface area contributed by atoms with Gasteiger partial charge in [0.1, 0.15) is 5.75 Å². The highest BCUT2D eigenvalue weighted by atomic mass is 16.5. The van der Waals surface area contributed by atoms with Crippen LogP contribution < -0.4 is 16.1 Å². The van der Waals surface area contributed by atoms with Gasteiger partial charge in [-0.2, -0.15) is 0 Å². The molecule has 2 aromatic rings. The van der Waals surface area contributed by atoms with Crippen molar-refractivity contribution in [3.05, 3.63) is 62.9 Å². The molecule has 0 unspecified atom stereocenters. The van der Waals surface area contributed by atoms with Gasteiger partial charge in [-0.3, -0.25) is 0 Å². The van der Waals surface area contributed by atoms with E-state index in [0.29, 0.717) is 0 Å². The van der Waals surface area contributed by atoms with E-state index in [4.69, 9.17) is 4.74 Å². The first-order chi connectivity index (χ1) is 10.2. The molecule has 6 nitrogen and oxygen atoms in total. The summed E-state index contributed by atoms with van der Waals surface area (Å²) in [7, 11) is 1.60. The van der Waals surface area contributed by atoms with Crippen molar-refractivity contribution in [2.75, 3.05) is 7.11 Å². The second kappa shape index (κ2) is 4.25. The third-order valence-electron chi connectivity index (χ3n) is 4.25. The van der Waals surface area contributed by atoms with Gasteiger partial charge in [0.05, 0.1) is 25.7 Å². The third-order valence-corrected chi connectivity index (χ3v) is 4.25. The quantitative estimate of drug-likeness (QED) is 0.788. The second-order valence-electron chi connectivity index (χ2n) is 5.44. The molecule has 0 radical (unpaired) electrons. The Morgan fingerprint density at radius 1 is 1.05 bits per heavy atom. The molecule has 2 atom stereocenters. The lowest BCUT2D eigenvalue weighted by Gasteiger charge is -2.07. The van der Waals surface area contributed by atoms with Gasteiger partial charge in [0.2, 0.25) is 0 Å². The number of nitrogens with zero attached hydrogens (tertiary/aromatic N) is 3. The van der Waals surface area contributed by atoms with E-state index < -0.39 is 0 Å². The van der Waals surface area contributed by atoms with Gasteiger partial charge >= 0.3 is 11.4 Å². The van der Waals surface area contributed by atoms with Crippen molar-refractivity contribution in [2.45, 2.75) is 25.0 Å². The zero-order valence-corrected chi connectivity index (χ0v) is 11.6. The van der Waals surface area contributed by atoms with Gasteiger partial charge in [0.25, 0.3) is 0 Å². The van der Waals surface area contributed by atoms with Gasteiger partial charge in [-0.05, 0) is 24.1 Å². The number of benzene rings is 1. The van der Waals surface area contributed by atoms with Crippen LogP contribution in [0.1, 0.15) is 24.1 Å². The van der Waals surface area contributed by atoms with Crippen molar-refractivity contribution < 1.29 is 4.74 Å². The maximum atomic E-state index is 12.4. The second-order valence-corrected chi connectivity index (χ2v) is 5.44. The van der Waals surface area contributed by atoms with E-state index in [9.17, 15) is 9.59 Å². The van der Waals surface area contributed by atoms with Crippen LogP contribution in [-0.4, -0.2) is 21.0 Å². The monoisotopic (exact) mass is 285 g/mol. The predicted octanol–water partition coefficient (Wildman–Crippen LogP) is 0.924.